The normalized spacial score (nSPS) is 13.2. The molecular formula is C40H44Cl4Zr-4. The zero-order chi connectivity index (χ0) is 32.0. The van der Waals surface area contributed by atoms with Gasteiger partial charge >= 0.3 is 28.4 Å². The van der Waals surface area contributed by atoms with Crippen LogP contribution < -0.4 is 0 Å². The topological polar surface area (TPSA) is 0 Å². The Bertz CT molecular complexity index is 1380. The minimum atomic E-state index is 0. The second kappa shape index (κ2) is 22.0. The third-order valence-electron chi connectivity index (χ3n) is 6.80. The zero-order valence-electron chi connectivity index (χ0n) is 27.3. The van der Waals surface area contributed by atoms with Gasteiger partial charge in [0.2, 0.25) is 0 Å². The van der Waals surface area contributed by atoms with Crippen LogP contribution in [-0.4, -0.2) is 4.21 Å². The van der Waals surface area contributed by atoms with E-state index in [-0.39, 0.29) is 30.2 Å². The number of hydrogen-bond donors (Lipinski definition) is 0. The zero-order valence-corrected chi connectivity index (χ0v) is 32.9. The van der Waals surface area contributed by atoms with E-state index in [0.29, 0.717) is 11.8 Å². The summed E-state index contributed by atoms with van der Waals surface area (Å²) in [6.07, 6.45) is 8.95. The van der Waals surface area contributed by atoms with Crippen LogP contribution in [0.1, 0.15) is 56.9 Å². The number of halogens is 4. The van der Waals surface area contributed by atoms with Crippen molar-refractivity contribution in [2.75, 3.05) is 0 Å². The Balaban J connectivity index is 0.000000582. The van der Waals surface area contributed by atoms with Gasteiger partial charge < -0.3 is 0 Å². The van der Waals surface area contributed by atoms with Crippen molar-refractivity contribution in [2.24, 2.45) is 17.3 Å². The standard InChI is InChI=1S/C15H13.C12H19.2C6H4Cl.CH2.2ClH.Zr/c1-10-3-5-14-12(7-10)9-13-8-11(2)4-6-15(13)14;1-9(2)10-6-7-11(8-10)12(3,4)5;2*7-6-4-2-1-3-5-6;;;;/h3-7H,9H2,1-2H3;7-10H,1-5H3;2*1-2,4-5H;1H2;2*1H;/q4*-1;;;;. The monoisotopic (exact) mass is 754 g/mol. The molecule has 6 rings (SSSR count). The summed E-state index contributed by atoms with van der Waals surface area (Å²) in [6.45, 7) is 15.5. The van der Waals surface area contributed by atoms with Gasteiger partial charge in [0, 0.05) is 0 Å². The molecule has 0 N–H and O–H groups in total. The van der Waals surface area contributed by atoms with E-state index in [0.717, 1.165) is 16.5 Å². The fourth-order valence-electron chi connectivity index (χ4n) is 4.44. The summed E-state index contributed by atoms with van der Waals surface area (Å²) < 4.78 is 3.34. The van der Waals surface area contributed by atoms with Crippen LogP contribution in [0.15, 0.2) is 96.6 Å². The molecule has 4 aromatic carbocycles. The van der Waals surface area contributed by atoms with Crippen LogP contribution in [0.5, 0.6) is 0 Å². The molecule has 4 aromatic rings. The SMILES string of the molecule is CC(C)C1[C-]=CC(C(C)(C)C)=C1.Cc1[c-]c2c(cc1)-c1ccc(C)cc1C2.Cl.Cl.Clc1c[c-]ccc1.Clc1c[c-]ccc1.[CH2]=[Zr]. The van der Waals surface area contributed by atoms with E-state index in [4.69, 9.17) is 23.2 Å². The van der Waals surface area contributed by atoms with Crippen molar-refractivity contribution in [3.8, 4) is 11.1 Å². The first-order valence-electron chi connectivity index (χ1n) is 14.5. The summed E-state index contributed by atoms with van der Waals surface area (Å²) in [6, 6.07) is 34.6. The molecule has 1 unspecified atom stereocenters. The molecule has 5 heteroatoms. The summed E-state index contributed by atoms with van der Waals surface area (Å²) in [5.74, 6) is 1.22. The number of hydrogen-bond acceptors (Lipinski definition) is 0. The van der Waals surface area contributed by atoms with Crippen molar-refractivity contribution in [1.82, 2.24) is 0 Å². The molecule has 0 saturated carbocycles. The Morgan fingerprint density at radius 1 is 0.844 bits per heavy atom. The number of benzene rings is 4. The molecule has 0 nitrogen and oxygen atoms in total. The molecule has 0 amide bonds. The van der Waals surface area contributed by atoms with Crippen molar-refractivity contribution in [2.45, 2.75) is 54.9 Å². The maximum absolute atomic E-state index is 5.51. The van der Waals surface area contributed by atoms with Crippen molar-refractivity contribution in [3.05, 3.63) is 153 Å². The van der Waals surface area contributed by atoms with Crippen molar-refractivity contribution < 1.29 is 24.2 Å². The van der Waals surface area contributed by atoms with Crippen molar-refractivity contribution in [1.29, 1.82) is 0 Å². The molecule has 0 aromatic heterocycles. The first-order valence-corrected chi connectivity index (χ1v) is 17.0. The van der Waals surface area contributed by atoms with Gasteiger partial charge in [0.15, 0.2) is 0 Å². The molecule has 2 aliphatic rings. The fourth-order valence-corrected chi connectivity index (χ4v) is 4.71. The number of fused-ring (bicyclic) bond motifs is 3. The maximum atomic E-state index is 5.51. The molecule has 0 saturated heterocycles. The summed E-state index contributed by atoms with van der Waals surface area (Å²) in [5.41, 5.74) is 9.87. The minimum absolute atomic E-state index is 0. The Morgan fingerprint density at radius 3 is 1.80 bits per heavy atom. The summed E-state index contributed by atoms with van der Waals surface area (Å²) in [5, 5.41) is 1.48. The molecule has 0 radical (unpaired) electrons. The molecule has 0 heterocycles. The van der Waals surface area contributed by atoms with Crippen LogP contribution in [0.4, 0.5) is 0 Å². The van der Waals surface area contributed by atoms with Crippen LogP contribution in [0.25, 0.3) is 11.1 Å². The third-order valence-corrected chi connectivity index (χ3v) is 7.27. The van der Waals surface area contributed by atoms with Gasteiger partial charge in [0.1, 0.15) is 0 Å². The van der Waals surface area contributed by atoms with Gasteiger partial charge in [-0.2, -0.15) is 119 Å². The van der Waals surface area contributed by atoms with E-state index < -0.39 is 0 Å². The average Bonchev–Trinajstić information content (AvgIpc) is 3.61. The van der Waals surface area contributed by atoms with Crippen molar-refractivity contribution in [3.63, 3.8) is 0 Å². The van der Waals surface area contributed by atoms with Crippen molar-refractivity contribution >= 4 is 52.2 Å². The Kier molecular flexibility index (Phi) is 21.1. The molecule has 1 atom stereocenters. The second-order valence-electron chi connectivity index (χ2n) is 11.8. The Morgan fingerprint density at radius 2 is 1.40 bits per heavy atom. The summed E-state index contributed by atoms with van der Waals surface area (Å²) in [4.78, 5) is 0. The molecule has 0 aliphatic heterocycles. The first kappa shape index (κ1) is 43.3. The third kappa shape index (κ3) is 15.1. The predicted molar refractivity (Wildman–Crippen MR) is 199 cm³/mol. The van der Waals surface area contributed by atoms with Crippen LogP contribution in [0, 0.1) is 55.4 Å². The van der Waals surface area contributed by atoms with Gasteiger partial charge in [-0.05, 0) is 18.9 Å². The first-order chi connectivity index (χ1) is 20.4. The van der Waals surface area contributed by atoms with Gasteiger partial charge in [0.05, 0.1) is 0 Å². The van der Waals surface area contributed by atoms with Gasteiger partial charge in [0.25, 0.3) is 0 Å². The average molecular weight is 758 g/mol. The van der Waals surface area contributed by atoms with Gasteiger partial charge in [-0.3, -0.25) is 6.08 Å². The number of allylic oxidation sites excluding steroid dienone is 4. The predicted octanol–water partition coefficient (Wildman–Crippen LogP) is 12.4. The summed E-state index contributed by atoms with van der Waals surface area (Å²) in [7, 11) is 0. The van der Waals surface area contributed by atoms with Gasteiger partial charge in [-0.25, -0.2) is 6.08 Å². The van der Waals surface area contributed by atoms with Crippen LogP contribution >= 0.6 is 48.0 Å². The van der Waals surface area contributed by atoms with Gasteiger partial charge in [-0.1, -0.05) is 98.2 Å². The summed E-state index contributed by atoms with van der Waals surface area (Å²) >= 11 is 12.3. The van der Waals surface area contributed by atoms with E-state index in [1.807, 2.05) is 36.4 Å². The molecule has 0 fully saturated rings. The molecule has 2 aliphatic carbocycles. The van der Waals surface area contributed by atoms with Crippen LogP contribution in [0.2, 0.25) is 10.0 Å². The molecular weight excluding hydrogens is 713 g/mol. The van der Waals surface area contributed by atoms with E-state index in [1.165, 1.54) is 63.2 Å². The number of rotatable bonds is 1. The van der Waals surface area contributed by atoms with E-state index in [2.05, 4.69) is 119 Å². The Labute approximate surface area is 310 Å². The Hall–Kier alpha value is -1.73. The van der Waals surface area contributed by atoms with E-state index in [9.17, 15) is 0 Å². The molecule has 240 valence electrons. The molecule has 0 spiro atoms. The molecule has 0 bridgehead atoms. The quantitative estimate of drug-likeness (QED) is 0.149. The van der Waals surface area contributed by atoms with E-state index >= 15 is 0 Å². The molecule has 45 heavy (non-hydrogen) atoms. The number of aryl methyl sites for hydroxylation is 2. The van der Waals surface area contributed by atoms with Crippen LogP contribution in [0.3, 0.4) is 0 Å². The van der Waals surface area contributed by atoms with E-state index in [1.54, 1.807) is 12.1 Å². The second-order valence-corrected chi connectivity index (χ2v) is 12.6. The van der Waals surface area contributed by atoms with Gasteiger partial charge in [-0.15, -0.1) is 35.9 Å². The fraction of sp³-hybridized carbons (Fsp3) is 0.275. The van der Waals surface area contributed by atoms with Crippen LogP contribution in [-0.2, 0) is 30.7 Å².